The first-order valence-electron chi connectivity index (χ1n) is 13.2. The molecular weight excluding hydrogens is 400 g/mol. The molecule has 0 aliphatic heterocycles. The van der Waals surface area contributed by atoms with Crippen molar-refractivity contribution >= 4 is 17.5 Å². The lowest BCUT2D eigenvalue weighted by atomic mass is 9.45. The fourth-order valence-corrected chi connectivity index (χ4v) is 8.61. The van der Waals surface area contributed by atoms with Crippen LogP contribution < -0.4 is 0 Å². The number of carbonyl (C=O) groups excluding carboxylic acids is 3. The van der Waals surface area contributed by atoms with Crippen LogP contribution in [0, 0.1) is 28.6 Å². The predicted molar refractivity (Wildman–Crippen MR) is 125 cm³/mol. The summed E-state index contributed by atoms with van der Waals surface area (Å²) in [5, 5.41) is 0. The molecular formula is C28H42O4. The molecule has 0 N–H and O–H groups in total. The molecule has 0 aromatic rings. The van der Waals surface area contributed by atoms with Crippen molar-refractivity contribution in [3.8, 4) is 0 Å². The molecule has 0 amide bonds. The Bertz CT molecular complexity index is 812. The molecule has 4 rings (SSSR count). The zero-order chi connectivity index (χ0) is 23.1. The van der Waals surface area contributed by atoms with E-state index < -0.39 is 5.60 Å². The molecule has 6 atom stereocenters. The van der Waals surface area contributed by atoms with Gasteiger partial charge >= 0.3 is 5.97 Å². The Morgan fingerprint density at radius 3 is 2.47 bits per heavy atom. The first-order chi connectivity index (χ1) is 15.2. The Morgan fingerprint density at radius 1 is 1.03 bits per heavy atom. The molecule has 0 saturated heterocycles. The van der Waals surface area contributed by atoms with E-state index in [9.17, 15) is 14.4 Å². The van der Waals surface area contributed by atoms with Gasteiger partial charge in [0.1, 0.15) is 0 Å². The van der Waals surface area contributed by atoms with Crippen LogP contribution in [0.1, 0.15) is 111 Å². The van der Waals surface area contributed by atoms with Crippen LogP contribution in [-0.4, -0.2) is 23.1 Å². The molecule has 32 heavy (non-hydrogen) atoms. The zero-order valence-electron chi connectivity index (χ0n) is 20.6. The summed E-state index contributed by atoms with van der Waals surface area (Å²) in [6, 6.07) is 0. The molecule has 4 aliphatic carbocycles. The third-order valence-corrected chi connectivity index (χ3v) is 10.3. The van der Waals surface area contributed by atoms with E-state index in [1.54, 1.807) is 6.92 Å². The maximum Gasteiger partial charge on any atom is 0.306 e. The van der Waals surface area contributed by atoms with Gasteiger partial charge < -0.3 is 4.74 Å². The third kappa shape index (κ3) is 3.42. The first-order valence-corrected chi connectivity index (χ1v) is 13.2. The average molecular weight is 443 g/mol. The van der Waals surface area contributed by atoms with Gasteiger partial charge in [-0.3, -0.25) is 14.4 Å². The summed E-state index contributed by atoms with van der Waals surface area (Å²) >= 11 is 0. The molecule has 4 aliphatic rings. The molecule has 0 spiro atoms. The van der Waals surface area contributed by atoms with Crippen LogP contribution in [0.25, 0.3) is 0 Å². The van der Waals surface area contributed by atoms with Gasteiger partial charge in [-0.1, -0.05) is 39.2 Å². The van der Waals surface area contributed by atoms with E-state index in [0.29, 0.717) is 42.8 Å². The molecule has 3 saturated carbocycles. The summed E-state index contributed by atoms with van der Waals surface area (Å²) in [4.78, 5) is 38.1. The van der Waals surface area contributed by atoms with Crippen LogP contribution in [-0.2, 0) is 19.1 Å². The molecule has 3 fully saturated rings. The van der Waals surface area contributed by atoms with Crippen molar-refractivity contribution in [3.05, 3.63) is 11.6 Å². The van der Waals surface area contributed by atoms with E-state index >= 15 is 0 Å². The number of allylic oxidation sites excluding steroid dienone is 1. The second-order valence-electron chi connectivity index (χ2n) is 11.4. The molecule has 4 heteroatoms. The van der Waals surface area contributed by atoms with Gasteiger partial charge in [0.2, 0.25) is 0 Å². The maximum absolute atomic E-state index is 13.1. The van der Waals surface area contributed by atoms with E-state index in [-0.39, 0.29) is 22.6 Å². The number of esters is 1. The average Bonchev–Trinajstić information content (AvgIpc) is 3.07. The number of ketones is 2. The van der Waals surface area contributed by atoms with Crippen LogP contribution in [0.15, 0.2) is 11.6 Å². The highest BCUT2D eigenvalue weighted by molar-refractivity contribution is 5.92. The summed E-state index contributed by atoms with van der Waals surface area (Å²) in [7, 11) is 0. The number of rotatable bonds is 7. The van der Waals surface area contributed by atoms with E-state index in [4.69, 9.17) is 4.74 Å². The van der Waals surface area contributed by atoms with Crippen LogP contribution in [0.5, 0.6) is 0 Å². The Kier molecular flexibility index (Phi) is 6.46. The van der Waals surface area contributed by atoms with Crippen molar-refractivity contribution < 1.29 is 19.1 Å². The van der Waals surface area contributed by atoms with Crippen LogP contribution in [0.2, 0.25) is 0 Å². The highest BCUT2D eigenvalue weighted by atomic mass is 16.6. The van der Waals surface area contributed by atoms with Gasteiger partial charge in [-0.25, -0.2) is 0 Å². The van der Waals surface area contributed by atoms with E-state index in [2.05, 4.69) is 20.8 Å². The van der Waals surface area contributed by atoms with Crippen molar-refractivity contribution in [2.75, 3.05) is 0 Å². The van der Waals surface area contributed by atoms with Gasteiger partial charge in [-0.15, -0.1) is 0 Å². The quantitative estimate of drug-likeness (QED) is 0.340. The Hall–Kier alpha value is -1.45. The lowest BCUT2D eigenvalue weighted by Crippen LogP contribution is -2.59. The summed E-state index contributed by atoms with van der Waals surface area (Å²) < 4.78 is 6.19. The molecule has 0 aromatic heterocycles. The normalized spacial score (nSPS) is 40.7. The Labute approximate surface area is 193 Å². The van der Waals surface area contributed by atoms with Gasteiger partial charge in [0.15, 0.2) is 17.2 Å². The van der Waals surface area contributed by atoms with Crippen molar-refractivity contribution in [2.45, 2.75) is 117 Å². The van der Waals surface area contributed by atoms with Gasteiger partial charge in [0.25, 0.3) is 0 Å². The van der Waals surface area contributed by atoms with Gasteiger partial charge in [-0.2, -0.15) is 0 Å². The molecule has 0 radical (unpaired) electrons. The number of ether oxygens (including phenoxy) is 1. The minimum atomic E-state index is -0.954. The minimum Gasteiger partial charge on any atom is -0.450 e. The molecule has 178 valence electrons. The number of hydrogen-bond donors (Lipinski definition) is 0. The van der Waals surface area contributed by atoms with Gasteiger partial charge in [-0.05, 0) is 94.0 Å². The zero-order valence-corrected chi connectivity index (χ0v) is 20.6. The summed E-state index contributed by atoms with van der Waals surface area (Å²) in [5.74, 6) is 1.70. The summed E-state index contributed by atoms with van der Waals surface area (Å²) in [6.07, 6.45) is 13.8. The van der Waals surface area contributed by atoms with Crippen LogP contribution in [0.4, 0.5) is 0 Å². The van der Waals surface area contributed by atoms with Crippen molar-refractivity contribution in [3.63, 3.8) is 0 Å². The number of fused-ring (bicyclic) bond motifs is 5. The molecule has 4 nitrogen and oxygen atoms in total. The van der Waals surface area contributed by atoms with E-state index in [1.165, 1.54) is 5.57 Å². The fourth-order valence-electron chi connectivity index (χ4n) is 8.61. The predicted octanol–water partition coefficient (Wildman–Crippen LogP) is 6.36. The molecule has 0 unspecified atom stereocenters. The SMILES string of the molecule is CCCCCC(=O)O[C@]1(C(C)=O)CC[C@H]2[C@@H]3CCC4=CC(=O)CC[C@]4(CC)[C@H]3CC[C@@]21C. The highest BCUT2D eigenvalue weighted by Crippen LogP contribution is 2.69. The van der Waals surface area contributed by atoms with E-state index in [1.807, 2.05) is 6.08 Å². The standard InChI is InChI=1S/C28H42O4/c1-5-7-8-9-25(31)32-28(19(3)29)17-14-23-22-11-10-20-18-21(30)12-16-27(20,6-2)24(22)13-15-26(23,28)4/h18,22-24H,5-17H2,1-4H3/t22-,23-,24-,26-,27-,28-/m0/s1. The van der Waals surface area contributed by atoms with Crippen molar-refractivity contribution in [2.24, 2.45) is 28.6 Å². The van der Waals surface area contributed by atoms with Crippen molar-refractivity contribution in [1.82, 2.24) is 0 Å². The largest absolute Gasteiger partial charge is 0.450 e. The van der Waals surface area contributed by atoms with Gasteiger partial charge in [0.05, 0.1) is 0 Å². The molecule has 0 heterocycles. The Balaban J connectivity index is 1.61. The molecule has 0 bridgehead atoms. The third-order valence-electron chi connectivity index (χ3n) is 10.3. The summed E-state index contributed by atoms with van der Waals surface area (Å²) in [6.45, 7) is 8.31. The smallest absolute Gasteiger partial charge is 0.306 e. The van der Waals surface area contributed by atoms with E-state index in [0.717, 1.165) is 64.2 Å². The maximum atomic E-state index is 13.1. The minimum absolute atomic E-state index is 0.0367. The first kappa shape index (κ1) is 23.7. The highest BCUT2D eigenvalue weighted by Gasteiger charge is 2.68. The number of hydrogen-bond acceptors (Lipinski definition) is 4. The fraction of sp³-hybridized carbons (Fsp3) is 0.821. The van der Waals surface area contributed by atoms with Crippen LogP contribution >= 0.6 is 0 Å². The topological polar surface area (TPSA) is 60.4 Å². The summed E-state index contributed by atoms with van der Waals surface area (Å²) in [5.41, 5.74) is 0.334. The second-order valence-corrected chi connectivity index (χ2v) is 11.4. The second kappa shape index (κ2) is 8.72. The lowest BCUT2D eigenvalue weighted by Gasteiger charge is -2.60. The lowest BCUT2D eigenvalue weighted by molar-refractivity contribution is -0.189. The van der Waals surface area contributed by atoms with Crippen molar-refractivity contribution in [1.29, 1.82) is 0 Å². The number of carbonyl (C=O) groups is 3. The van der Waals surface area contributed by atoms with Gasteiger partial charge in [0, 0.05) is 18.3 Å². The Morgan fingerprint density at radius 2 is 1.78 bits per heavy atom. The number of Topliss-reactive ketones (excluding diaryl/α,β-unsaturated/α-hetero) is 1. The monoisotopic (exact) mass is 442 g/mol. The van der Waals surface area contributed by atoms with Crippen LogP contribution in [0.3, 0.4) is 0 Å². The number of unbranched alkanes of at least 4 members (excludes halogenated alkanes) is 2. The molecule has 0 aromatic carbocycles.